The first kappa shape index (κ1) is 16.5. The molecule has 0 bridgehead atoms. The highest BCUT2D eigenvalue weighted by Gasteiger charge is 2.41. The van der Waals surface area contributed by atoms with Gasteiger partial charge in [-0.05, 0) is 44.4 Å². The zero-order valence-electron chi connectivity index (χ0n) is 13.9. The molecular weight excluding hydrogens is 264 g/mol. The van der Waals surface area contributed by atoms with Gasteiger partial charge in [0.1, 0.15) is 0 Å². The van der Waals surface area contributed by atoms with Gasteiger partial charge in [0, 0.05) is 12.6 Å². The fraction of sp³-hybridized carbons (Fsp3) is 0.882. The summed E-state index contributed by atoms with van der Waals surface area (Å²) in [6.07, 6.45) is 6.63. The monoisotopic (exact) mass is 294 g/mol. The Balaban J connectivity index is 1.96. The van der Waals surface area contributed by atoms with E-state index in [4.69, 9.17) is 0 Å². The zero-order chi connectivity index (χ0) is 15.6. The lowest BCUT2D eigenvalue weighted by atomic mass is 9.78. The Kier molecular flexibility index (Phi) is 5.07. The first-order valence-corrected chi connectivity index (χ1v) is 8.44. The minimum atomic E-state index is -0.301. The van der Waals surface area contributed by atoms with Crippen molar-refractivity contribution >= 4 is 11.8 Å². The number of likely N-dealkylation sites (tertiary alicyclic amines) is 1. The van der Waals surface area contributed by atoms with Gasteiger partial charge in [-0.1, -0.05) is 26.7 Å². The molecule has 1 N–H and O–H groups in total. The van der Waals surface area contributed by atoms with Crippen molar-refractivity contribution in [3.63, 3.8) is 0 Å². The largest absolute Gasteiger partial charge is 0.305 e. The summed E-state index contributed by atoms with van der Waals surface area (Å²) in [5, 5.41) is 3.42. The molecule has 0 aromatic heterocycles. The van der Waals surface area contributed by atoms with Crippen molar-refractivity contribution in [1.82, 2.24) is 10.2 Å². The molecule has 0 radical (unpaired) electrons. The molecule has 1 aliphatic heterocycles. The van der Waals surface area contributed by atoms with E-state index >= 15 is 0 Å². The van der Waals surface area contributed by atoms with Gasteiger partial charge in [-0.15, -0.1) is 0 Å². The number of carbonyl (C=O) groups is 2. The average Bonchev–Trinajstić information content (AvgIpc) is 2.92. The van der Waals surface area contributed by atoms with Gasteiger partial charge in [-0.3, -0.25) is 14.5 Å². The van der Waals surface area contributed by atoms with Gasteiger partial charge in [-0.2, -0.15) is 0 Å². The zero-order valence-corrected chi connectivity index (χ0v) is 13.9. The van der Waals surface area contributed by atoms with Gasteiger partial charge in [0.05, 0.1) is 12.5 Å². The molecule has 1 aliphatic carbocycles. The molecule has 2 aliphatic rings. The van der Waals surface area contributed by atoms with Crippen molar-refractivity contribution in [2.75, 3.05) is 6.54 Å². The van der Waals surface area contributed by atoms with E-state index in [-0.39, 0.29) is 23.9 Å². The van der Waals surface area contributed by atoms with E-state index in [1.54, 1.807) is 0 Å². The number of imide groups is 1. The maximum absolute atomic E-state index is 12.3. The number of rotatable bonds is 6. The molecule has 1 heterocycles. The Morgan fingerprint density at radius 1 is 1.19 bits per heavy atom. The third kappa shape index (κ3) is 3.65. The predicted molar refractivity (Wildman–Crippen MR) is 83.8 cm³/mol. The van der Waals surface area contributed by atoms with Crippen LogP contribution < -0.4 is 5.32 Å². The number of carbonyl (C=O) groups excluding carboxylic acids is 2. The van der Waals surface area contributed by atoms with Gasteiger partial charge >= 0.3 is 0 Å². The van der Waals surface area contributed by atoms with Crippen molar-refractivity contribution in [2.24, 2.45) is 11.3 Å². The second-order valence-corrected chi connectivity index (χ2v) is 7.64. The Morgan fingerprint density at radius 3 is 2.29 bits per heavy atom. The van der Waals surface area contributed by atoms with E-state index in [0.717, 1.165) is 6.54 Å². The molecule has 1 saturated heterocycles. The van der Waals surface area contributed by atoms with Crippen molar-refractivity contribution in [1.29, 1.82) is 0 Å². The first-order chi connectivity index (χ1) is 9.84. The fourth-order valence-corrected chi connectivity index (χ4v) is 4.14. The maximum Gasteiger partial charge on any atom is 0.247 e. The van der Waals surface area contributed by atoms with Crippen LogP contribution in [0.3, 0.4) is 0 Å². The Morgan fingerprint density at radius 2 is 1.81 bits per heavy atom. The topological polar surface area (TPSA) is 49.4 Å². The summed E-state index contributed by atoms with van der Waals surface area (Å²) in [6, 6.07) is -0.336. The summed E-state index contributed by atoms with van der Waals surface area (Å²) < 4.78 is 0. The SMILES string of the molecule is CC(C)CC1(CNC2CC(=O)N(C(C)C)C2=O)CCCC1. The molecule has 2 rings (SSSR count). The van der Waals surface area contributed by atoms with Gasteiger partial charge in [0.2, 0.25) is 11.8 Å². The number of hydrogen-bond donors (Lipinski definition) is 1. The molecule has 0 spiro atoms. The van der Waals surface area contributed by atoms with Crippen molar-refractivity contribution < 1.29 is 9.59 Å². The van der Waals surface area contributed by atoms with Crippen molar-refractivity contribution in [3.05, 3.63) is 0 Å². The van der Waals surface area contributed by atoms with Gasteiger partial charge in [-0.25, -0.2) is 0 Å². The van der Waals surface area contributed by atoms with Crippen LogP contribution in [0.4, 0.5) is 0 Å². The molecule has 4 heteroatoms. The summed E-state index contributed by atoms with van der Waals surface area (Å²) in [4.78, 5) is 25.7. The number of nitrogens with one attached hydrogen (secondary N) is 1. The molecule has 4 nitrogen and oxygen atoms in total. The van der Waals surface area contributed by atoms with E-state index in [9.17, 15) is 9.59 Å². The molecule has 1 saturated carbocycles. The van der Waals surface area contributed by atoms with Crippen LogP contribution in [-0.4, -0.2) is 35.3 Å². The maximum atomic E-state index is 12.3. The Labute approximate surface area is 128 Å². The smallest absolute Gasteiger partial charge is 0.247 e. The van der Waals surface area contributed by atoms with Crippen LogP contribution in [0.5, 0.6) is 0 Å². The van der Waals surface area contributed by atoms with E-state index < -0.39 is 0 Å². The first-order valence-electron chi connectivity index (χ1n) is 8.44. The normalized spacial score (nSPS) is 25.6. The minimum Gasteiger partial charge on any atom is -0.305 e. The summed E-state index contributed by atoms with van der Waals surface area (Å²) >= 11 is 0. The molecule has 0 aromatic carbocycles. The van der Waals surface area contributed by atoms with Crippen LogP contribution in [0.15, 0.2) is 0 Å². The summed E-state index contributed by atoms with van der Waals surface area (Å²) in [5.74, 6) is 0.613. The van der Waals surface area contributed by atoms with Crippen LogP contribution in [-0.2, 0) is 9.59 Å². The quantitative estimate of drug-likeness (QED) is 0.766. The van der Waals surface area contributed by atoms with E-state index in [0.29, 0.717) is 17.8 Å². The molecule has 2 amide bonds. The average molecular weight is 294 g/mol. The summed E-state index contributed by atoms with van der Waals surface area (Å²) in [7, 11) is 0. The standard InChI is InChI=1S/C17H30N2O2/c1-12(2)10-17(7-5-6-8-17)11-18-14-9-15(20)19(13(3)4)16(14)21/h12-14,18H,5-11H2,1-4H3. The second-order valence-electron chi connectivity index (χ2n) is 7.64. The molecule has 1 unspecified atom stereocenters. The third-order valence-corrected chi connectivity index (χ3v) is 4.93. The molecule has 2 fully saturated rings. The van der Waals surface area contributed by atoms with Crippen LogP contribution in [0.1, 0.15) is 66.2 Å². The highest BCUT2D eigenvalue weighted by Crippen LogP contribution is 2.42. The number of nitrogens with zero attached hydrogens (tertiary/aromatic N) is 1. The highest BCUT2D eigenvalue weighted by atomic mass is 16.2. The van der Waals surface area contributed by atoms with Gasteiger partial charge in [0.15, 0.2) is 0 Å². The number of amides is 2. The minimum absolute atomic E-state index is 0.0307. The van der Waals surface area contributed by atoms with Crippen molar-refractivity contribution in [2.45, 2.75) is 78.3 Å². The fourth-order valence-electron chi connectivity index (χ4n) is 4.14. The van der Waals surface area contributed by atoms with E-state index in [1.807, 2.05) is 13.8 Å². The van der Waals surface area contributed by atoms with Crippen LogP contribution in [0.2, 0.25) is 0 Å². The molecular formula is C17H30N2O2. The lowest BCUT2D eigenvalue weighted by Crippen LogP contribution is -2.45. The lowest BCUT2D eigenvalue weighted by Gasteiger charge is -2.32. The Bertz CT molecular complexity index is 398. The summed E-state index contributed by atoms with van der Waals surface area (Å²) in [6.45, 7) is 9.21. The highest BCUT2D eigenvalue weighted by molar-refractivity contribution is 6.05. The molecule has 1 atom stereocenters. The van der Waals surface area contributed by atoms with E-state index in [2.05, 4.69) is 19.2 Å². The molecule has 120 valence electrons. The predicted octanol–water partition coefficient (Wildman–Crippen LogP) is 2.72. The van der Waals surface area contributed by atoms with Crippen molar-refractivity contribution in [3.8, 4) is 0 Å². The lowest BCUT2D eigenvalue weighted by molar-refractivity contribution is -0.140. The molecule has 0 aromatic rings. The second kappa shape index (κ2) is 6.47. The molecule has 21 heavy (non-hydrogen) atoms. The van der Waals surface area contributed by atoms with Crippen LogP contribution in [0.25, 0.3) is 0 Å². The third-order valence-electron chi connectivity index (χ3n) is 4.93. The van der Waals surface area contributed by atoms with E-state index in [1.165, 1.54) is 37.0 Å². The van der Waals surface area contributed by atoms with Gasteiger partial charge < -0.3 is 5.32 Å². The number of hydrogen-bond acceptors (Lipinski definition) is 3. The Hall–Kier alpha value is -0.900. The van der Waals surface area contributed by atoms with Gasteiger partial charge in [0.25, 0.3) is 0 Å². The summed E-state index contributed by atoms with van der Waals surface area (Å²) in [5.41, 5.74) is 0.336. The van der Waals surface area contributed by atoms with Crippen LogP contribution in [0, 0.1) is 11.3 Å². The van der Waals surface area contributed by atoms with Crippen LogP contribution >= 0.6 is 0 Å².